The first kappa shape index (κ1) is 7.11. The maximum absolute atomic E-state index is 8.17. The van der Waals surface area contributed by atoms with E-state index in [0.29, 0.717) is 0 Å². The first-order chi connectivity index (χ1) is 4.00. The summed E-state index contributed by atoms with van der Waals surface area (Å²) >= 11 is 0. The van der Waals surface area contributed by atoms with Gasteiger partial charge in [0.25, 0.3) is 0 Å². The molecule has 0 saturated carbocycles. The minimum Gasteiger partial charge on any atom is -0.225 e. The van der Waals surface area contributed by atoms with Crippen molar-refractivity contribution in [1.29, 1.82) is 0 Å². The van der Waals surface area contributed by atoms with Gasteiger partial charge in [-0.15, -0.1) is 0 Å². The molecule has 0 aromatic carbocycles. The van der Waals surface area contributed by atoms with Crippen LogP contribution in [0.15, 0.2) is 19.0 Å². The summed E-state index contributed by atoms with van der Waals surface area (Å²) in [7, 11) is 1.17. The molecule has 1 heterocycles. The monoisotopic (exact) mass is 130 g/mol. The molecule has 4 nitrogen and oxygen atoms in total. The fourth-order valence-electron chi connectivity index (χ4n) is 0.205. The molecule has 1 rings (SSSR count). The average molecular weight is 130 g/mol. The zero-order chi connectivity index (χ0) is 6.24. The van der Waals surface area contributed by atoms with Crippen molar-refractivity contribution in [2.75, 3.05) is 0 Å². The molecule has 1 aromatic heterocycles. The second-order valence-corrected chi connectivity index (χ2v) is 0.794. The van der Waals surface area contributed by atoms with Crippen molar-refractivity contribution in [2.45, 2.75) is 0 Å². The van der Waals surface area contributed by atoms with E-state index in [1.165, 1.54) is 28.1 Å². The zero-order valence-corrected chi connectivity index (χ0v) is 5.21. The van der Waals surface area contributed by atoms with Crippen LogP contribution in [-0.2, 0) is 4.57 Å². The van der Waals surface area contributed by atoms with Gasteiger partial charge in [0.15, 0.2) is 0 Å². The fourth-order valence-corrected chi connectivity index (χ4v) is 0.205. The molecule has 8 heavy (non-hydrogen) atoms. The lowest BCUT2D eigenvalue weighted by molar-refractivity contribution is 0.607. The molecule has 0 bridgehead atoms. The number of rotatable bonds is 0. The summed E-state index contributed by atoms with van der Waals surface area (Å²) in [5, 5.41) is 0. The van der Waals surface area contributed by atoms with Crippen molar-refractivity contribution < 1.29 is 4.57 Å². The summed E-state index contributed by atoms with van der Waals surface area (Å²) in [6, 6.07) is 0. The van der Waals surface area contributed by atoms with E-state index in [0.717, 1.165) is 0 Å². The molecular formula is C3H5N3OP+. The Morgan fingerprint density at radius 1 is 0.875 bits per heavy atom. The Hall–Kier alpha value is -0.890. The van der Waals surface area contributed by atoms with Crippen molar-refractivity contribution in [3.05, 3.63) is 19.0 Å². The molecule has 0 N–H and O–H groups in total. The third-order valence-corrected chi connectivity index (χ3v) is 0.400. The Morgan fingerprint density at radius 2 is 1.12 bits per heavy atom. The molecule has 0 fully saturated rings. The Labute approximate surface area is 48.6 Å². The minimum absolute atomic E-state index is 1.17. The van der Waals surface area contributed by atoms with Gasteiger partial charge in [0.2, 0.25) is 0 Å². The van der Waals surface area contributed by atoms with Gasteiger partial charge in [-0.1, -0.05) is 4.57 Å². The van der Waals surface area contributed by atoms with E-state index in [2.05, 4.69) is 15.0 Å². The van der Waals surface area contributed by atoms with Crippen LogP contribution in [0.4, 0.5) is 0 Å². The lowest BCUT2D eigenvalue weighted by Crippen LogP contribution is -1.73. The van der Waals surface area contributed by atoms with E-state index in [4.69, 9.17) is 4.57 Å². The van der Waals surface area contributed by atoms with Gasteiger partial charge in [0, 0.05) is 0 Å². The van der Waals surface area contributed by atoms with Gasteiger partial charge in [-0.3, -0.25) is 0 Å². The van der Waals surface area contributed by atoms with Gasteiger partial charge < -0.3 is 0 Å². The number of aromatic nitrogens is 3. The number of hydrogen-bond donors (Lipinski definition) is 0. The third kappa shape index (κ3) is 3.31. The standard InChI is InChI=1S/C3H3N3.H2OP/c1-4-2-6-3-5-1;1-2/h1-3H;2H2/q;+1. The predicted octanol–water partition coefficient (Wildman–Crippen LogP) is 0.0786. The second kappa shape index (κ2) is 6.11. The SMILES string of the molecule is O=[PH2+].c1ncncn1. The lowest BCUT2D eigenvalue weighted by Gasteiger charge is -1.69. The van der Waals surface area contributed by atoms with Gasteiger partial charge >= 0.3 is 9.12 Å². The molecule has 0 aliphatic carbocycles. The average Bonchev–Trinajstić information content (AvgIpc) is 1.96. The highest BCUT2D eigenvalue weighted by Gasteiger charge is 1.59. The summed E-state index contributed by atoms with van der Waals surface area (Å²) in [4.78, 5) is 10.7. The van der Waals surface area contributed by atoms with Crippen LogP contribution >= 0.6 is 9.12 Å². The summed E-state index contributed by atoms with van der Waals surface area (Å²) in [5.41, 5.74) is 0. The van der Waals surface area contributed by atoms with E-state index < -0.39 is 0 Å². The molecular weight excluding hydrogens is 125 g/mol. The summed E-state index contributed by atoms with van der Waals surface area (Å²) in [5.74, 6) is 0. The number of nitrogens with zero attached hydrogens (tertiary/aromatic N) is 3. The van der Waals surface area contributed by atoms with Crippen molar-refractivity contribution in [3.63, 3.8) is 0 Å². The number of hydrogen-bond acceptors (Lipinski definition) is 4. The van der Waals surface area contributed by atoms with Crippen LogP contribution in [0, 0.1) is 0 Å². The maximum Gasteiger partial charge on any atom is 0.310 e. The highest BCUT2D eigenvalue weighted by atomic mass is 31.0. The topological polar surface area (TPSA) is 55.7 Å². The summed E-state index contributed by atoms with van der Waals surface area (Å²) in [6.07, 6.45) is 4.31. The predicted molar refractivity (Wildman–Crippen MR) is 30.2 cm³/mol. The Balaban J connectivity index is 0.000000222. The maximum atomic E-state index is 8.17. The van der Waals surface area contributed by atoms with Crippen LogP contribution in [-0.4, -0.2) is 15.0 Å². The summed E-state index contributed by atoms with van der Waals surface area (Å²) in [6.45, 7) is 0. The minimum atomic E-state index is 1.17. The van der Waals surface area contributed by atoms with Gasteiger partial charge in [0.1, 0.15) is 19.0 Å². The smallest absolute Gasteiger partial charge is 0.225 e. The van der Waals surface area contributed by atoms with Crippen LogP contribution in [0.1, 0.15) is 0 Å². The molecule has 0 aliphatic rings. The molecule has 0 radical (unpaired) electrons. The van der Waals surface area contributed by atoms with Crippen LogP contribution < -0.4 is 0 Å². The molecule has 0 spiro atoms. The highest BCUT2D eigenvalue weighted by Crippen LogP contribution is 1.57. The highest BCUT2D eigenvalue weighted by molar-refractivity contribution is 7.00. The molecule has 1 unspecified atom stereocenters. The fraction of sp³-hybridized carbons (Fsp3) is 0. The lowest BCUT2D eigenvalue weighted by atomic mass is 11.1. The van der Waals surface area contributed by atoms with Gasteiger partial charge in [0.05, 0.1) is 0 Å². The van der Waals surface area contributed by atoms with E-state index in [1.807, 2.05) is 0 Å². The van der Waals surface area contributed by atoms with E-state index in [9.17, 15) is 0 Å². The normalized spacial score (nSPS) is 6.50. The molecule has 0 amide bonds. The Bertz CT molecular complexity index is 97.4. The molecule has 5 heteroatoms. The molecule has 42 valence electrons. The van der Waals surface area contributed by atoms with Crippen molar-refractivity contribution in [2.24, 2.45) is 0 Å². The van der Waals surface area contributed by atoms with E-state index in [1.54, 1.807) is 0 Å². The van der Waals surface area contributed by atoms with Crippen molar-refractivity contribution in [1.82, 2.24) is 15.0 Å². The second-order valence-electron chi connectivity index (χ2n) is 0.794. The van der Waals surface area contributed by atoms with Crippen LogP contribution in [0.3, 0.4) is 0 Å². The van der Waals surface area contributed by atoms with Crippen molar-refractivity contribution >= 4 is 9.12 Å². The van der Waals surface area contributed by atoms with Gasteiger partial charge in [-0.25, -0.2) is 15.0 Å². The van der Waals surface area contributed by atoms with Crippen LogP contribution in [0.2, 0.25) is 0 Å². The largest absolute Gasteiger partial charge is 0.310 e. The Morgan fingerprint density at radius 3 is 1.25 bits per heavy atom. The van der Waals surface area contributed by atoms with Crippen LogP contribution in [0.25, 0.3) is 0 Å². The first-order valence-corrected chi connectivity index (χ1v) is 2.26. The van der Waals surface area contributed by atoms with Gasteiger partial charge in [-0.2, -0.15) is 0 Å². The third-order valence-electron chi connectivity index (χ3n) is 0.400. The van der Waals surface area contributed by atoms with Crippen molar-refractivity contribution in [3.8, 4) is 0 Å². The molecule has 1 atom stereocenters. The van der Waals surface area contributed by atoms with Crippen LogP contribution in [0.5, 0.6) is 0 Å². The zero-order valence-electron chi connectivity index (χ0n) is 4.06. The molecule has 0 saturated heterocycles. The van der Waals surface area contributed by atoms with E-state index in [-0.39, 0.29) is 0 Å². The van der Waals surface area contributed by atoms with E-state index >= 15 is 0 Å². The summed E-state index contributed by atoms with van der Waals surface area (Å²) < 4.78 is 8.17. The van der Waals surface area contributed by atoms with Gasteiger partial charge in [-0.05, 0) is 0 Å². The molecule has 0 aliphatic heterocycles. The first-order valence-electron chi connectivity index (χ1n) is 1.78. The Kier molecular flexibility index (Phi) is 5.43. The quantitative estimate of drug-likeness (QED) is 0.466. The molecule has 1 aromatic rings.